The van der Waals surface area contributed by atoms with Crippen LogP contribution in [0, 0.1) is 28.1 Å². The molecule has 0 aromatic heterocycles. The minimum atomic E-state index is -2.08. The van der Waals surface area contributed by atoms with Crippen LogP contribution in [0.1, 0.15) is 71.6 Å². The fraction of sp³-hybridized carbons (Fsp3) is 0.946. The molecule has 0 radical (unpaired) electrons. The lowest BCUT2D eigenvalue weighted by Gasteiger charge is -2.64. The van der Waals surface area contributed by atoms with E-state index in [4.69, 9.17) is 56.8 Å². The third kappa shape index (κ3) is 12.3. The smallest absolute Gasteiger partial charge is 0.314 e. The zero-order valence-electron chi connectivity index (χ0n) is 49.0. The molecule has 10 aliphatic rings. The predicted octanol–water partition coefficient (Wildman–Crippen LogP) is -9.47. The number of carbonyl (C=O) groups is 1. The third-order valence-corrected chi connectivity index (χ3v) is 21.3. The van der Waals surface area contributed by atoms with Gasteiger partial charge in [0.05, 0.1) is 50.7 Å². The maximum Gasteiger partial charge on any atom is 0.314 e. The number of hydrogen-bond donors (Lipinski definition) is 20. The Bertz CT molecular complexity index is 2390. The lowest BCUT2D eigenvalue weighted by Crippen LogP contribution is -2.68. The molecule has 6 heterocycles. The highest BCUT2D eigenvalue weighted by molar-refractivity contribution is 5.77. The molecule has 0 amide bonds. The average Bonchev–Trinajstić information content (AvgIpc) is 1.62. The van der Waals surface area contributed by atoms with Crippen LogP contribution < -0.4 is 0 Å². The normalized spacial score (nSPS) is 54.5. The SMILES string of the molecule is C=C1C[C@@]23CC[C@H]4[C@@](C)(CCC[C@@]4(C)C(=O)OC4O[C@H](CO)[C@@H](O)[C@H](O[C@@H]5O[C@H](CO)[C@@H](O)[C@H](O)[C@H]5O)[C@H]4O[C@@H]4O[C@H](CO)[C@@H](O)[C@H](O)[C@H]4O)[C@@H]2CC[C@]1(O[C@@H]1O[C@H](CO)[C@@H](O)[C@H](O[C@@H]2O[C@H](CO)[C@@H](O)[C@H](O)[C@H]2O)[C@H]1O[C@@H]1O[C@H](CO)[C@@H](O)[C@H](O)[C@H]1O)C3. The van der Waals surface area contributed by atoms with Crippen molar-refractivity contribution >= 4 is 5.97 Å². The van der Waals surface area contributed by atoms with Crippen LogP contribution in [-0.2, 0) is 61.6 Å². The van der Waals surface area contributed by atoms with Crippen LogP contribution >= 0.6 is 0 Å². The molecule has 4 aliphatic carbocycles. The van der Waals surface area contributed by atoms with Crippen molar-refractivity contribution in [3.05, 3.63) is 12.2 Å². The van der Waals surface area contributed by atoms with E-state index in [1.165, 1.54) is 0 Å². The first-order valence-corrected chi connectivity index (χ1v) is 30.4. The van der Waals surface area contributed by atoms with Gasteiger partial charge in [-0.25, -0.2) is 0 Å². The van der Waals surface area contributed by atoms with Gasteiger partial charge in [0.2, 0.25) is 6.29 Å². The Labute approximate surface area is 509 Å². The second kappa shape index (κ2) is 27.2. The molecule has 2 bridgehead atoms. The van der Waals surface area contributed by atoms with Crippen LogP contribution in [0.2, 0.25) is 0 Å². The lowest BCUT2D eigenvalue weighted by molar-refractivity contribution is -0.400. The van der Waals surface area contributed by atoms with Crippen molar-refractivity contribution in [2.75, 3.05) is 39.6 Å². The van der Waals surface area contributed by atoms with Crippen LogP contribution in [-0.4, -0.2) is 338 Å². The quantitative estimate of drug-likeness (QED) is 0.0344. The Morgan fingerprint density at radius 1 is 0.427 bits per heavy atom. The van der Waals surface area contributed by atoms with Crippen molar-refractivity contribution < 1.29 is 164 Å². The van der Waals surface area contributed by atoms with E-state index >= 15 is 4.79 Å². The molecule has 33 heteroatoms. The number of aliphatic hydroxyl groups is 20. The lowest BCUT2D eigenvalue weighted by atomic mass is 9.41. The average molecular weight is 1290 g/mol. The van der Waals surface area contributed by atoms with Gasteiger partial charge in [0.1, 0.15) is 140 Å². The Hall–Kier alpha value is -2.03. The maximum absolute atomic E-state index is 15.4. The molecule has 1 unspecified atom stereocenters. The highest BCUT2D eigenvalue weighted by atomic mass is 16.8. The monoisotopic (exact) mass is 1290 g/mol. The second-order valence-corrected chi connectivity index (χ2v) is 26.4. The van der Waals surface area contributed by atoms with Crippen LogP contribution in [0.4, 0.5) is 0 Å². The summed E-state index contributed by atoms with van der Waals surface area (Å²) in [4.78, 5) is 15.4. The van der Waals surface area contributed by atoms with Crippen molar-refractivity contribution in [3.8, 4) is 0 Å². The van der Waals surface area contributed by atoms with Gasteiger partial charge < -0.3 is 159 Å². The summed E-state index contributed by atoms with van der Waals surface area (Å²) in [7, 11) is 0. The van der Waals surface area contributed by atoms with Crippen molar-refractivity contribution in [3.63, 3.8) is 0 Å². The zero-order valence-corrected chi connectivity index (χ0v) is 49.0. The van der Waals surface area contributed by atoms with E-state index in [2.05, 4.69) is 13.5 Å². The number of aliphatic hydroxyl groups excluding tert-OH is 20. The summed E-state index contributed by atoms with van der Waals surface area (Å²) in [6.45, 7) is 3.03. The van der Waals surface area contributed by atoms with E-state index in [-0.39, 0.29) is 25.2 Å². The number of carbonyl (C=O) groups excluding carboxylic acids is 1. The van der Waals surface area contributed by atoms with Crippen LogP contribution in [0.3, 0.4) is 0 Å². The fourth-order valence-electron chi connectivity index (χ4n) is 16.4. The highest BCUT2D eigenvalue weighted by Gasteiger charge is 2.70. The zero-order chi connectivity index (χ0) is 64.7. The molecule has 20 N–H and O–H groups in total. The van der Waals surface area contributed by atoms with Gasteiger partial charge in [-0.2, -0.15) is 0 Å². The van der Waals surface area contributed by atoms with Crippen molar-refractivity contribution in [1.82, 2.24) is 0 Å². The fourth-order valence-corrected chi connectivity index (χ4v) is 16.4. The molecule has 89 heavy (non-hydrogen) atoms. The number of hydrogen-bond acceptors (Lipinski definition) is 33. The minimum Gasteiger partial charge on any atom is -0.432 e. The minimum absolute atomic E-state index is 0.154. The van der Waals surface area contributed by atoms with E-state index in [9.17, 15) is 102 Å². The third-order valence-electron chi connectivity index (χ3n) is 21.3. The standard InChI is InChI=1S/C56H90O33/c1-19-11-55-9-5-26-53(2,7-4-8-54(26,3)52(77)88-50-44(86-48-40(75)36(71)30(65)22(14-59)80-48)42(32(67)24(16-61)82-50)84-46-38(73)34(69)28(63)20(12-57)78-46)27(55)6-10-56(19,18-55)89-51-45(87-49-41(76)37(72)31(66)23(15-60)81-49)43(33(68)25(17-62)83-51)85-47-39(74)35(70)29(64)21(13-58)79-47/h20-51,57-76H,1,4-18H2,2-3H3/t20-,21-,22-,23-,24-,25-,26+,27+,28-,29-,30-,31-,32-,33-,34+,35+,36+,37+,38-,39-,40-,41-,42+,43+,44-,45-,46+,47+,48+,49+,50?,51+,53-,54-,55-,56+/m1/s1. The summed E-state index contributed by atoms with van der Waals surface area (Å²) in [5.41, 5.74) is -3.24. The van der Waals surface area contributed by atoms with Gasteiger partial charge in [-0.15, -0.1) is 0 Å². The summed E-state index contributed by atoms with van der Waals surface area (Å²) < 4.78 is 72.9. The number of fused-ring (bicyclic) bond motifs is 3. The van der Waals surface area contributed by atoms with Gasteiger partial charge in [-0.05, 0) is 86.5 Å². The van der Waals surface area contributed by atoms with Crippen molar-refractivity contribution in [2.45, 2.75) is 261 Å². The van der Waals surface area contributed by atoms with E-state index in [1.807, 2.05) is 0 Å². The van der Waals surface area contributed by atoms with E-state index < -0.39 is 258 Å². The summed E-state index contributed by atoms with van der Waals surface area (Å²) in [6.07, 6.45) is -51.9. The first-order valence-electron chi connectivity index (χ1n) is 30.4. The van der Waals surface area contributed by atoms with Gasteiger partial charge in [-0.3, -0.25) is 4.79 Å². The Kier molecular flexibility index (Phi) is 21.4. The summed E-state index contributed by atoms with van der Waals surface area (Å²) in [5.74, 6) is -1.44. The largest absolute Gasteiger partial charge is 0.432 e. The molecule has 36 atom stereocenters. The van der Waals surface area contributed by atoms with Crippen LogP contribution in [0.5, 0.6) is 0 Å². The molecule has 1 spiro atoms. The Morgan fingerprint density at radius 3 is 1.18 bits per heavy atom. The number of esters is 1. The molecular formula is C56H90O33. The van der Waals surface area contributed by atoms with E-state index in [1.54, 1.807) is 6.92 Å². The first-order chi connectivity index (χ1) is 42.1. The van der Waals surface area contributed by atoms with Gasteiger partial charge >= 0.3 is 5.97 Å². The first kappa shape index (κ1) is 69.8. The molecule has 10 fully saturated rings. The van der Waals surface area contributed by atoms with Crippen molar-refractivity contribution in [1.29, 1.82) is 0 Å². The van der Waals surface area contributed by atoms with Gasteiger partial charge in [0.15, 0.2) is 37.6 Å². The Balaban J connectivity index is 0.921. The summed E-state index contributed by atoms with van der Waals surface area (Å²) in [5, 5.41) is 215. The molecular weight excluding hydrogens is 1200 g/mol. The molecule has 6 aliphatic heterocycles. The van der Waals surface area contributed by atoms with Crippen molar-refractivity contribution in [2.24, 2.45) is 28.1 Å². The van der Waals surface area contributed by atoms with Crippen LogP contribution in [0.25, 0.3) is 0 Å². The number of rotatable bonds is 18. The second-order valence-electron chi connectivity index (χ2n) is 26.4. The molecule has 0 aromatic rings. The summed E-state index contributed by atoms with van der Waals surface area (Å²) >= 11 is 0. The van der Waals surface area contributed by atoms with E-state index in [0.29, 0.717) is 44.1 Å². The molecule has 33 nitrogen and oxygen atoms in total. The highest BCUT2D eigenvalue weighted by Crippen LogP contribution is 2.74. The van der Waals surface area contributed by atoms with Gasteiger partial charge in [0.25, 0.3) is 0 Å². The molecule has 0 aromatic carbocycles. The topological polar surface area (TPSA) is 532 Å². The van der Waals surface area contributed by atoms with E-state index in [0.717, 1.165) is 0 Å². The van der Waals surface area contributed by atoms with Gasteiger partial charge in [-0.1, -0.05) is 19.9 Å². The predicted molar refractivity (Wildman–Crippen MR) is 284 cm³/mol. The molecule has 6 saturated heterocycles. The number of ether oxygens (including phenoxy) is 12. The van der Waals surface area contributed by atoms with Crippen LogP contribution in [0.15, 0.2) is 12.2 Å². The molecule has 512 valence electrons. The Morgan fingerprint density at radius 2 is 0.775 bits per heavy atom. The maximum atomic E-state index is 15.4. The molecule has 4 saturated carbocycles. The van der Waals surface area contributed by atoms with Gasteiger partial charge in [0, 0.05) is 0 Å². The summed E-state index contributed by atoms with van der Waals surface area (Å²) in [6, 6.07) is 0. The molecule has 10 rings (SSSR count).